The molecule has 2 heterocycles. The van der Waals surface area contributed by atoms with Crippen LogP contribution < -0.4 is 5.32 Å². The number of amides is 1. The van der Waals surface area contributed by atoms with E-state index in [9.17, 15) is 9.59 Å². The van der Waals surface area contributed by atoms with Gasteiger partial charge in [0.15, 0.2) is 0 Å². The standard InChI is InChI=1S/C14H24N2O4/c1-5-19-11(17)10-6-15-7-14(10)8-16(9-14)12(18)20-13(2,3)4/h10,15H,5-9H2,1-4H3/t10-/m1/s1. The number of ether oxygens (including phenoxy) is 2. The third kappa shape index (κ3) is 2.90. The van der Waals surface area contributed by atoms with E-state index in [0.717, 1.165) is 6.54 Å². The van der Waals surface area contributed by atoms with Crippen LogP contribution in [-0.2, 0) is 14.3 Å². The van der Waals surface area contributed by atoms with Crippen LogP contribution in [-0.4, -0.2) is 55.3 Å². The van der Waals surface area contributed by atoms with Crippen molar-refractivity contribution in [3.8, 4) is 0 Å². The third-order valence-electron chi connectivity index (χ3n) is 3.80. The fraction of sp³-hybridized carbons (Fsp3) is 0.857. The second kappa shape index (κ2) is 5.24. The van der Waals surface area contributed by atoms with Crippen molar-refractivity contribution in [3.05, 3.63) is 0 Å². The molecule has 2 fully saturated rings. The summed E-state index contributed by atoms with van der Waals surface area (Å²) < 4.78 is 10.5. The molecule has 0 aliphatic carbocycles. The first kappa shape index (κ1) is 15.1. The summed E-state index contributed by atoms with van der Waals surface area (Å²) in [5.74, 6) is -0.331. The average molecular weight is 284 g/mol. The fourth-order valence-electron chi connectivity index (χ4n) is 2.88. The van der Waals surface area contributed by atoms with Crippen LogP contribution in [0.3, 0.4) is 0 Å². The summed E-state index contributed by atoms with van der Waals surface area (Å²) in [7, 11) is 0. The van der Waals surface area contributed by atoms with Gasteiger partial charge in [0.05, 0.1) is 12.5 Å². The molecule has 0 bridgehead atoms. The van der Waals surface area contributed by atoms with Crippen LogP contribution >= 0.6 is 0 Å². The molecule has 0 radical (unpaired) electrons. The Hall–Kier alpha value is -1.30. The highest BCUT2D eigenvalue weighted by Crippen LogP contribution is 2.41. The fourth-order valence-corrected chi connectivity index (χ4v) is 2.88. The highest BCUT2D eigenvalue weighted by atomic mass is 16.6. The Morgan fingerprint density at radius 2 is 2.00 bits per heavy atom. The highest BCUT2D eigenvalue weighted by molar-refractivity contribution is 5.76. The highest BCUT2D eigenvalue weighted by Gasteiger charge is 2.56. The molecule has 1 amide bonds. The van der Waals surface area contributed by atoms with Crippen molar-refractivity contribution >= 4 is 12.1 Å². The normalized spacial score (nSPS) is 24.4. The van der Waals surface area contributed by atoms with Gasteiger partial charge in [0.2, 0.25) is 0 Å². The van der Waals surface area contributed by atoms with Gasteiger partial charge >= 0.3 is 12.1 Å². The van der Waals surface area contributed by atoms with Gasteiger partial charge in [0.1, 0.15) is 5.60 Å². The lowest BCUT2D eigenvalue weighted by Crippen LogP contribution is -2.63. The van der Waals surface area contributed by atoms with E-state index in [1.165, 1.54) is 0 Å². The molecule has 20 heavy (non-hydrogen) atoms. The lowest BCUT2D eigenvalue weighted by atomic mass is 9.72. The quantitative estimate of drug-likeness (QED) is 0.766. The number of nitrogens with one attached hydrogen (secondary N) is 1. The smallest absolute Gasteiger partial charge is 0.410 e. The molecule has 2 rings (SSSR count). The first-order chi connectivity index (χ1) is 9.27. The summed E-state index contributed by atoms with van der Waals surface area (Å²) in [6.45, 7) is 10.2. The predicted molar refractivity (Wildman–Crippen MR) is 73.2 cm³/mol. The Bertz CT molecular complexity index is 396. The van der Waals surface area contributed by atoms with Gasteiger partial charge in [-0.2, -0.15) is 0 Å². The zero-order chi connectivity index (χ0) is 15.0. The molecule has 1 spiro atoms. The average Bonchev–Trinajstić information content (AvgIpc) is 2.68. The number of carbonyl (C=O) groups is 2. The van der Waals surface area contributed by atoms with Gasteiger partial charge in [-0.25, -0.2) is 4.79 Å². The van der Waals surface area contributed by atoms with Gasteiger partial charge in [-0.3, -0.25) is 4.79 Å². The number of rotatable bonds is 2. The molecule has 1 atom stereocenters. The van der Waals surface area contributed by atoms with Crippen LogP contribution in [0.1, 0.15) is 27.7 Å². The van der Waals surface area contributed by atoms with Gasteiger partial charge in [0.25, 0.3) is 0 Å². The summed E-state index contributed by atoms with van der Waals surface area (Å²) in [5.41, 5.74) is -0.669. The lowest BCUT2D eigenvalue weighted by Gasteiger charge is -2.49. The molecule has 0 aromatic heterocycles. The van der Waals surface area contributed by atoms with E-state index >= 15 is 0 Å². The van der Waals surface area contributed by atoms with E-state index in [1.807, 2.05) is 20.8 Å². The van der Waals surface area contributed by atoms with Crippen LogP contribution in [0.2, 0.25) is 0 Å². The van der Waals surface area contributed by atoms with Crippen molar-refractivity contribution in [2.45, 2.75) is 33.3 Å². The van der Waals surface area contributed by atoms with Gasteiger partial charge in [-0.05, 0) is 27.7 Å². The molecular formula is C14H24N2O4. The van der Waals surface area contributed by atoms with Crippen LogP contribution in [0.4, 0.5) is 4.79 Å². The Morgan fingerprint density at radius 3 is 2.55 bits per heavy atom. The van der Waals surface area contributed by atoms with Gasteiger partial charge in [-0.1, -0.05) is 0 Å². The molecule has 0 aromatic rings. The van der Waals surface area contributed by atoms with Crippen LogP contribution in [0.15, 0.2) is 0 Å². The maximum absolute atomic E-state index is 12.0. The van der Waals surface area contributed by atoms with Gasteiger partial charge < -0.3 is 19.7 Å². The second-order valence-corrected chi connectivity index (χ2v) is 6.63. The molecule has 6 nitrogen and oxygen atoms in total. The van der Waals surface area contributed by atoms with E-state index in [-0.39, 0.29) is 23.4 Å². The Kier molecular flexibility index (Phi) is 3.95. The van der Waals surface area contributed by atoms with Gasteiger partial charge in [0, 0.05) is 31.6 Å². The molecule has 0 unspecified atom stereocenters. The molecule has 0 saturated carbocycles. The largest absolute Gasteiger partial charge is 0.466 e. The maximum atomic E-state index is 12.0. The van der Waals surface area contributed by atoms with E-state index in [2.05, 4.69) is 5.32 Å². The Morgan fingerprint density at radius 1 is 1.35 bits per heavy atom. The number of carbonyl (C=O) groups excluding carboxylic acids is 2. The minimum absolute atomic E-state index is 0.165. The second-order valence-electron chi connectivity index (χ2n) is 6.63. The van der Waals surface area contributed by atoms with Crippen molar-refractivity contribution in [2.24, 2.45) is 11.3 Å². The summed E-state index contributed by atoms with van der Waals surface area (Å²) >= 11 is 0. The van der Waals surface area contributed by atoms with E-state index in [1.54, 1.807) is 11.8 Å². The number of hydrogen-bond acceptors (Lipinski definition) is 5. The predicted octanol–water partition coefficient (Wildman–Crippen LogP) is 1.01. The molecular weight excluding hydrogens is 260 g/mol. The number of nitrogens with zero attached hydrogens (tertiary/aromatic N) is 1. The van der Waals surface area contributed by atoms with Crippen molar-refractivity contribution in [1.82, 2.24) is 10.2 Å². The topological polar surface area (TPSA) is 67.9 Å². The summed E-state index contributed by atoms with van der Waals surface area (Å²) in [6.07, 6.45) is -0.308. The molecule has 0 aromatic carbocycles. The lowest BCUT2D eigenvalue weighted by molar-refractivity contribution is -0.155. The summed E-state index contributed by atoms with van der Waals surface area (Å²) in [5, 5.41) is 3.23. The zero-order valence-corrected chi connectivity index (χ0v) is 12.7. The van der Waals surface area contributed by atoms with Crippen molar-refractivity contribution in [1.29, 1.82) is 0 Å². The molecule has 2 aliphatic heterocycles. The molecule has 1 N–H and O–H groups in total. The summed E-state index contributed by atoms with van der Waals surface area (Å²) in [4.78, 5) is 25.6. The van der Waals surface area contributed by atoms with Crippen LogP contribution in [0, 0.1) is 11.3 Å². The van der Waals surface area contributed by atoms with Crippen LogP contribution in [0.25, 0.3) is 0 Å². The van der Waals surface area contributed by atoms with Gasteiger partial charge in [-0.15, -0.1) is 0 Å². The van der Waals surface area contributed by atoms with Crippen LogP contribution in [0.5, 0.6) is 0 Å². The Balaban J connectivity index is 1.93. The van der Waals surface area contributed by atoms with E-state index in [4.69, 9.17) is 9.47 Å². The number of likely N-dealkylation sites (tertiary alicyclic amines) is 1. The molecule has 2 aliphatic rings. The maximum Gasteiger partial charge on any atom is 0.410 e. The summed E-state index contributed by atoms with van der Waals surface area (Å²) in [6, 6.07) is 0. The zero-order valence-electron chi connectivity index (χ0n) is 12.7. The minimum atomic E-state index is -0.492. The van der Waals surface area contributed by atoms with Crippen molar-refractivity contribution in [2.75, 3.05) is 32.8 Å². The molecule has 2 saturated heterocycles. The first-order valence-electron chi connectivity index (χ1n) is 7.13. The number of hydrogen-bond donors (Lipinski definition) is 1. The SMILES string of the molecule is CCOC(=O)[C@H]1CNCC12CN(C(=O)OC(C)(C)C)C2. The van der Waals surface area contributed by atoms with E-state index in [0.29, 0.717) is 26.2 Å². The minimum Gasteiger partial charge on any atom is -0.466 e. The van der Waals surface area contributed by atoms with Crippen molar-refractivity contribution < 1.29 is 19.1 Å². The molecule has 6 heteroatoms. The number of esters is 1. The Labute approximate surface area is 119 Å². The molecule has 114 valence electrons. The van der Waals surface area contributed by atoms with Crippen molar-refractivity contribution in [3.63, 3.8) is 0 Å². The van der Waals surface area contributed by atoms with E-state index < -0.39 is 5.60 Å². The monoisotopic (exact) mass is 284 g/mol. The third-order valence-corrected chi connectivity index (χ3v) is 3.80. The first-order valence-corrected chi connectivity index (χ1v) is 7.13.